The van der Waals surface area contributed by atoms with Crippen molar-refractivity contribution in [2.24, 2.45) is 11.8 Å². The van der Waals surface area contributed by atoms with Gasteiger partial charge >= 0.3 is 0 Å². The zero-order chi connectivity index (χ0) is 28.6. The predicted molar refractivity (Wildman–Crippen MR) is 173 cm³/mol. The van der Waals surface area contributed by atoms with Crippen LogP contribution in [0.4, 0.5) is 0 Å². The van der Waals surface area contributed by atoms with Crippen molar-refractivity contribution in [2.75, 3.05) is 0 Å². The summed E-state index contributed by atoms with van der Waals surface area (Å²) in [5.74, 6) is 0.547. The van der Waals surface area contributed by atoms with Gasteiger partial charge in [-0.2, -0.15) is 0 Å². The van der Waals surface area contributed by atoms with E-state index in [-0.39, 0.29) is 56.3 Å². The minimum absolute atomic E-state index is 0. The van der Waals surface area contributed by atoms with Gasteiger partial charge in [0.25, 0.3) is 0 Å². The van der Waals surface area contributed by atoms with E-state index in [4.69, 9.17) is 4.98 Å². The first-order valence-electron chi connectivity index (χ1n) is 14.4. The van der Waals surface area contributed by atoms with Crippen molar-refractivity contribution >= 4 is 27.5 Å². The maximum absolute atomic E-state index is 11.7. The maximum Gasteiger partial charge on any atom is 0.162 e. The molecule has 0 saturated carbocycles. The van der Waals surface area contributed by atoms with Crippen LogP contribution in [0.15, 0.2) is 78.6 Å². The van der Waals surface area contributed by atoms with E-state index in [9.17, 15) is 9.90 Å². The van der Waals surface area contributed by atoms with Gasteiger partial charge in [0.1, 0.15) is 0 Å². The molecule has 0 amide bonds. The van der Waals surface area contributed by atoms with Crippen LogP contribution in [0.2, 0.25) is 0 Å². The molecule has 1 radical (unpaired) electrons. The molecular formula is C37H48IrNO2-. The Morgan fingerprint density at radius 1 is 0.878 bits per heavy atom. The fourth-order valence-electron chi connectivity index (χ4n) is 4.88. The van der Waals surface area contributed by atoms with Gasteiger partial charge in [-0.3, -0.25) is 9.78 Å². The Morgan fingerprint density at radius 3 is 2.10 bits per heavy atom. The van der Waals surface area contributed by atoms with Gasteiger partial charge in [-0.25, -0.2) is 0 Å². The van der Waals surface area contributed by atoms with Gasteiger partial charge in [-0.05, 0) is 53.8 Å². The van der Waals surface area contributed by atoms with E-state index in [2.05, 4.69) is 87.5 Å². The van der Waals surface area contributed by atoms with Crippen LogP contribution in [0.1, 0.15) is 87.1 Å². The van der Waals surface area contributed by atoms with E-state index in [1.165, 1.54) is 27.8 Å². The number of nitrogens with zero attached hydrogens (tertiary/aromatic N) is 1. The molecule has 0 aliphatic heterocycles. The van der Waals surface area contributed by atoms with Crippen molar-refractivity contribution in [3.63, 3.8) is 0 Å². The molecule has 0 aliphatic carbocycles. The van der Waals surface area contributed by atoms with Crippen LogP contribution in [0, 0.1) is 17.9 Å². The first-order valence-corrected chi connectivity index (χ1v) is 14.4. The quantitative estimate of drug-likeness (QED) is 0.112. The van der Waals surface area contributed by atoms with E-state index < -0.39 is 0 Å². The number of aliphatic hydroxyl groups excluding tert-OH is 1. The Morgan fingerprint density at radius 2 is 1.49 bits per heavy atom. The number of carbonyl (C=O) groups excluding carboxylic acids is 1. The van der Waals surface area contributed by atoms with Crippen LogP contribution in [0.3, 0.4) is 0 Å². The van der Waals surface area contributed by atoms with E-state index in [0.717, 1.165) is 42.5 Å². The third-order valence-electron chi connectivity index (χ3n) is 7.62. The second-order valence-electron chi connectivity index (χ2n) is 11.3. The number of carbonyl (C=O) groups is 1. The number of aromatic nitrogens is 1. The normalized spacial score (nSPS) is 11.6. The molecular weight excluding hydrogens is 683 g/mol. The van der Waals surface area contributed by atoms with Gasteiger partial charge in [0, 0.05) is 38.0 Å². The standard InChI is InChI=1S/C23H20N.C13H24O2.CH4.Ir/c1-23(2,3)18-13-11-17-12-14-21(24-22(17)15-18)20-10-6-8-16-7-4-5-9-19(16)20;1-5-10(6-2)12(14)9-13(15)11(7-3)8-4;;/h4-9,11-15H,1-3H3;9-11,14H,5-8H2,1-4H3;1H4;/q-1;;;. The smallest absolute Gasteiger partial charge is 0.162 e. The molecule has 223 valence electrons. The van der Waals surface area contributed by atoms with Gasteiger partial charge < -0.3 is 5.11 Å². The van der Waals surface area contributed by atoms with Gasteiger partial charge in [0.2, 0.25) is 0 Å². The fourth-order valence-corrected chi connectivity index (χ4v) is 4.88. The second-order valence-corrected chi connectivity index (χ2v) is 11.3. The Balaban J connectivity index is 0.000000436. The number of aliphatic hydroxyl groups is 1. The van der Waals surface area contributed by atoms with Crippen molar-refractivity contribution in [1.29, 1.82) is 0 Å². The molecule has 3 aromatic carbocycles. The van der Waals surface area contributed by atoms with Crippen LogP contribution in [-0.4, -0.2) is 15.9 Å². The second kappa shape index (κ2) is 16.6. The summed E-state index contributed by atoms with van der Waals surface area (Å²) in [6, 6.07) is 26.7. The summed E-state index contributed by atoms with van der Waals surface area (Å²) in [4.78, 5) is 16.7. The topological polar surface area (TPSA) is 50.2 Å². The van der Waals surface area contributed by atoms with E-state index >= 15 is 0 Å². The van der Waals surface area contributed by atoms with E-state index in [0.29, 0.717) is 0 Å². The number of allylic oxidation sites excluding steroid dienone is 2. The van der Waals surface area contributed by atoms with Crippen LogP contribution in [-0.2, 0) is 30.3 Å². The first kappa shape index (κ1) is 36.2. The van der Waals surface area contributed by atoms with Crippen molar-refractivity contribution in [3.05, 3.63) is 90.2 Å². The molecule has 1 heterocycles. The molecule has 0 fully saturated rings. The molecule has 4 aromatic rings. The van der Waals surface area contributed by atoms with Gasteiger partial charge in [0.05, 0.1) is 11.3 Å². The Kier molecular flexibility index (Phi) is 14.7. The average Bonchev–Trinajstić information content (AvgIpc) is 2.93. The van der Waals surface area contributed by atoms with Gasteiger partial charge in [-0.1, -0.05) is 110 Å². The molecule has 0 spiro atoms. The monoisotopic (exact) mass is 731 g/mol. The number of hydrogen-bond donors (Lipinski definition) is 1. The maximum atomic E-state index is 11.7. The SMILES string of the molecule is C.CC(C)(C)c1ccc2ccc(-c3[c-]ccc4ccccc34)nc2c1.CCC(CC)C(=O)C=C(O)C(CC)CC.[Ir]. The molecule has 4 rings (SSSR count). The molecule has 0 saturated heterocycles. The molecule has 41 heavy (non-hydrogen) atoms. The number of pyridine rings is 1. The first-order chi connectivity index (χ1) is 18.6. The molecule has 3 nitrogen and oxygen atoms in total. The Bertz CT molecular complexity index is 1420. The fraction of sp³-hybridized carbons (Fsp3) is 0.405. The number of benzene rings is 3. The molecule has 1 N–H and O–H groups in total. The molecule has 4 heteroatoms. The van der Waals surface area contributed by atoms with Crippen LogP contribution in [0.5, 0.6) is 0 Å². The number of hydrogen-bond acceptors (Lipinski definition) is 3. The van der Waals surface area contributed by atoms with Crippen LogP contribution < -0.4 is 0 Å². The number of rotatable bonds is 8. The Labute approximate surface area is 261 Å². The molecule has 1 aromatic heterocycles. The van der Waals surface area contributed by atoms with Crippen LogP contribution >= 0.6 is 0 Å². The number of ketones is 1. The summed E-state index contributed by atoms with van der Waals surface area (Å²) < 4.78 is 0. The largest absolute Gasteiger partial charge is 0.512 e. The summed E-state index contributed by atoms with van der Waals surface area (Å²) in [7, 11) is 0. The van der Waals surface area contributed by atoms with Crippen molar-refractivity contribution in [1.82, 2.24) is 4.98 Å². The zero-order valence-corrected chi connectivity index (χ0v) is 27.4. The summed E-state index contributed by atoms with van der Waals surface area (Å²) in [6.07, 6.45) is 4.91. The van der Waals surface area contributed by atoms with Gasteiger partial charge in [-0.15, -0.1) is 29.1 Å². The number of fused-ring (bicyclic) bond motifs is 2. The summed E-state index contributed by atoms with van der Waals surface area (Å²) in [6.45, 7) is 14.8. The molecule has 0 unspecified atom stereocenters. The summed E-state index contributed by atoms with van der Waals surface area (Å²) in [5, 5.41) is 13.3. The van der Waals surface area contributed by atoms with E-state index in [1.807, 2.05) is 33.8 Å². The van der Waals surface area contributed by atoms with Gasteiger partial charge in [0.15, 0.2) is 5.78 Å². The van der Waals surface area contributed by atoms with Crippen molar-refractivity contribution in [2.45, 2.75) is 87.0 Å². The average molecular weight is 731 g/mol. The summed E-state index contributed by atoms with van der Waals surface area (Å²) >= 11 is 0. The van der Waals surface area contributed by atoms with Crippen molar-refractivity contribution in [3.8, 4) is 11.3 Å². The molecule has 0 aliphatic rings. The third-order valence-corrected chi connectivity index (χ3v) is 7.62. The molecule has 0 bridgehead atoms. The predicted octanol–water partition coefficient (Wildman–Crippen LogP) is 10.7. The van der Waals surface area contributed by atoms with E-state index in [1.54, 1.807) is 0 Å². The Hall–Kier alpha value is -2.81. The molecule has 0 atom stereocenters. The third kappa shape index (κ3) is 9.35. The van der Waals surface area contributed by atoms with Crippen molar-refractivity contribution < 1.29 is 30.0 Å². The minimum Gasteiger partial charge on any atom is -0.512 e. The minimum atomic E-state index is 0. The zero-order valence-electron chi connectivity index (χ0n) is 25.0. The summed E-state index contributed by atoms with van der Waals surface area (Å²) in [5.41, 5.74) is 4.52. The van der Waals surface area contributed by atoms with Crippen LogP contribution in [0.25, 0.3) is 32.9 Å².